The van der Waals surface area contributed by atoms with Crippen molar-refractivity contribution in [2.24, 2.45) is 0 Å². The first-order chi connectivity index (χ1) is 14.5. The standard InChI is InChI=1S/C26H24N2O2/c1-17(2)22-15-21-7-4-10-28-25(21)23(16-22)19-5-3-6-20(14-19)24(26(29)30)13-18-8-11-27-12-9-18/h3-12,14-17,24H,13H2,1-2H3,(H,29,30). The van der Waals surface area contributed by atoms with E-state index in [9.17, 15) is 9.90 Å². The molecule has 4 rings (SSSR count). The second kappa shape index (κ2) is 8.46. The zero-order valence-electron chi connectivity index (χ0n) is 17.1. The number of carboxylic acid groups (broad SMARTS) is 1. The lowest BCUT2D eigenvalue weighted by Crippen LogP contribution is -2.14. The van der Waals surface area contributed by atoms with Crippen LogP contribution in [0.15, 0.2) is 79.3 Å². The average molecular weight is 396 g/mol. The summed E-state index contributed by atoms with van der Waals surface area (Å²) < 4.78 is 0. The van der Waals surface area contributed by atoms with Gasteiger partial charge in [-0.1, -0.05) is 44.2 Å². The van der Waals surface area contributed by atoms with Crippen molar-refractivity contribution in [3.63, 3.8) is 0 Å². The fraction of sp³-hybridized carbons (Fsp3) is 0.192. The number of carboxylic acids is 1. The summed E-state index contributed by atoms with van der Waals surface area (Å²) in [6.07, 6.45) is 5.61. The van der Waals surface area contributed by atoms with E-state index in [1.807, 2.05) is 42.5 Å². The van der Waals surface area contributed by atoms with Gasteiger partial charge in [-0.05, 0) is 64.9 Å². The van der Waals surface area contributed by atoms with Crippen molar-refractivity contribution in [3.8, 4) is 11.1 Å². The van der Waals surface area contributed by atoms with Crippen LogP contribution >= 0.6 is 0 Å². The molecule has 0 radical (unpaired) electrons. The molecule has 0 aliphatic heterocycles. The number of aromatic nitrogens is 2. The normalized spacial score (nSPS) is 12.2. The van der Waals surface area contributed by atoms with Gasteiger partial charge in [-0.25, -0.2) is 0 Å². The summed E-state index contributed by atoms with van der Waals surface area (Å²) in [4.78, 5) is 20.7. The Morgan fingerprint density at radius 2 is 1.73 bits per heavy atom. The lowest BCUT2D eigenvalue weighted by molar-refractivity contribution is -0.138. The van der Waals surface area contributed by atoms with Gasteiger partial charge in [0, 0.05) is 29.5 Å². The Morgan fingerprint density at radius 3 is 2.47 bits per heavy atom. The van der Waals surface area contributed by atoms with Crippen molar-refractivity contribution in [1.82, 2.24) is 9.97 Å². The summed E-state index contributed by atoms with van der Waals surface area (Å²) in [6, 6.07) is 20.0. The molecular formula is C26H24N2O2. The molecule has 0 spiro atoms. The number of pyridine rings is 2. The molecule has 1 atom stereocenters. The first kappa shape index (κ1) is 19.8. The van der Waals surface area contributed by atoms with Crippen LogP contribution in [0.4, 0.5) is 0 Å². The first-order valence-electron chi connectivity index (χ1n) is 10.1. The Hall–Kier alpha value is -3.53. The third-order valence-electron chi connectivity index (χ3n) is 5.48. The zero-order chi connectivity index (χ0) is 21.1. The summed E-state index contributed by atoms with van der Waals surface area (Å²) in [6.45, 7) is 4.35. The number of hydrogen-bond acceptors (Lipinski definition) is 3. The van der Waals surface area contributed by atoms with Crippen LogP contribution in [0.3, 0.4) is 0 Å². The van der Waals surface area contributed by atoms with Crippen molar-refractivity contribution in [2.75, 3.05) is 0 Å². The van der Waals surface area contributed by atoms with Gasteiger partial charge in [0.2, 0.25) is 0 Å². The molecule has 0 aliphatic rings. The molecule has 0 saturated carbocycles. The lowest BCUT2D eigenvalue weighted by atomic mass is 9.89. The average Bonchev–Trinajstić information content (AvgIpc) is 2.77. The molecule has 2 aromatic heterocycles. The summed E-state index contributed by atoms with van der Waals surface area (Å²) in [5.74, 6) is -1.07. The molecule has 2 aromatic carbocycles. The van der Waals surface area contributed by atoms with Crippen LogP contribution < -0.4 is 0 Å². The van der Waals surface area contributed by atoms with Crippen LogP contribution in [0.5, 0.6) is 0 Å². The summed E-state index contributed by atoms with van der Waals surface area (Å²) in [7, 11) is 0. The van der Waals surface area contributed by atoms with Crippen LogP contribution in [0.1, 0.15) is 42.4 Å². The molecule has 4 aromatic rings. The van der Waals surface area contributed by atoms with Crippen molar-refractivity contribution in [3.05, 3.63) is 95.9 Å². The Balaban J connectivity index is 1.80. The highest BCUT2D eigenvalue weighted by Crippen LogP contribution is 2.33. The maximum Gasteiger partial charge on any atom is 0.311 e. The quantitative estimate of drug-likeness (QED) is 0.445. The molecular weight excluding hydrogens is 372 g/mol. The van der Waals surface area contributed by atoms with Crippen molar-refractivity contribution >= 4 is 16.9 Å². The smallest absolute Gasteiger partial charge is 0.311 e. The van der Waals surface area contributed by atoms with Gasteiger partial charge in [-0.3, -0.25) is 14.8 Å². The molecule has 2 heterocycles. The van der Waals surface area contributed by atoms with Gasteiger partial charge >= 0.3 is 5.97 Å². The molecule has 0 aliphatic carbocycles. The summed E-state index contributed by atoms with van der Waals surface area (Å²) in [5.41, 5.74) is 5.93. The molecule has 4 heteroatoms. The molecule has 1 unspecified atom stereocenters. The Morgan fingerprint density at radius 1 is 0.933 bits per heavy atom. The predicted molar refractivity (Wildman–Crippen MR) is 120 cm³/mol. The third kappa shape index (κ3) is 4.08. The van der Waals surface area contributed by atoms with Crippen molar-refractivity contribution < 1.29 is 9.90 Å². The number of benzene rings is 2. The van der Waals surface area contributed by atoms with Crippen molar-refractivity contribution in [1.29, 1.82) is 0 Å². The number of rotatable bonds is 6. The van der Waals surface area contributed by atoms with Crippen molar-refractivity contribution in [2.45, 2.75) is 32.1 Å². The Kier molecular flexibility index (Phi) is 5.57. The van der Waals surface area contributed by atoms with E-state index in [0.29, 0.717) is 12.3 Å². The molecule has 1 N–H and O–H groups in total. The predicted octanol–water partition coefficient (Wildman–Crippen LogP) is 5.83. The summed E-state index contributed by atoms with van der Waals surface area (Å²) in [5, 5.41) is 11.0. The largest absolute Gasteiger partial charge is 0.481 e. The van der Waals surface area contributed by atoms with E-state index < -0.39 is 11.9 Å². The van der Waals surface area contributed by atoms with Crippen LogP contribution in [0, 0.1) is 0 Å². The minimum atomic E-state index is -0.831. The first-order valence-corrected chi connectivity index (χ1v) is 10.1. The van der Waals surface area contributed by atoms with E-state index in [2.05, 4.69) is 42.0 Å². The number of fused-ring (bicyclic) bond motifs is 1. The van der Waals surface area contributed by atoms with Crippen LogP contribution in [0.25, 0.3) is 22.0 Å². The highest BCUT2D eigenvalue weighted by Gasteiger charge is 2.21. The second-order valence-electron chi connectivity index (χ2n) is 7.87. The fourth-order valence-electron chi connectivity index (χ4n) is 3.79. The van der Waals surface area contributed by atoms with Gasteiger partial charge in [0.15, 0.2) is 0 Å². The summed E-state index contributed by atoms with van der Waals surface area (Å²) >= 11 is 0. The van der Waals surface area contributed by atoms with E-state index in [-0.39, 0.29) is 0 Å². The van der Waals surface area contributed by atoms with Crippen LogP contribution in [0.2, 0.25) is 0 Å². The molecule has 150 valence electrons. The maximum absolute atomic E-state index is 12.1. The number of aliphatic carboxylic acids is 1. The Labute approximate surface area is 176 Å². The van der Waals surface area contributed by atoms with Gasteiger partial charge in [0.25, 0.3) is 0 Å². The monoisotopic (exact) mass is 396 g/mol. The van der Waals surface area contributed by atoms with Gasteiger partial charge in [0.1, 0.15) is 0 Å². The minimum Gasteiger partial charge on any atom is -0.481 e. The minimum absolute atomic E-state index is 0.384. The zero-order valence-corrected chi connectivity index (χ0v) is 17.1. The molecule has 30 heavy (non-hydrogen) atoms. The fourth-order valence-corrected chi connectivity index (χ4v) is 3.79. The van der Waals surface area contributed by atoms with Gasteiger partial charge < -0.3 is 5.11 Å². The van der Waals surface area contributed by atoms with E-state index in [1.54, 1.807) is 18.6 Å². The van der Waals surface area contributed by atoms with E-state index >= 15 is 0 Å². The Bertz CT molecular complexity index is 1190. The number of nitrogens with zero attached hydrogens (tertiary/aromatic N) is 2. The van der Waals surface area contributed by atoms with Crippen LogP contribution in [-0.2, 0) is 11.2 Å². The van der Waals surface area contributed by atoms with E-state index in [0.717, 1.165) is 33.2 Å². The molecule has 0 fully saturated rings. The maximum atomic E-state index is 12.1. The topological polar surface area (TPSA) is 63.1 Å². The lowest BCUT2D eigenvalue weighted by Gasteiger charge is -2.16. The van der Waals surface area contributed by atoms with Gasteiger partial charge in [-0.2, -0.15) is 0 Å². The second-order valence-corrected chi connectivity index (χ2v) is 7.87. The highest BCUT2D eigenvalue weighted by atomic mass is 16.4. The van der Waals surface area contributed by atoms with Crippen LogP contribution in [-0.4, -0.2) is 21.0 Å². The third-order valence-corrected chi connectivity index (χ3v) is 5.48. The number of hydrogen-bond donors (Lipinski definition) is 1. The SMILES string of the molecule is CC(C)c1cc(-c2cccc(C(Cc3ccncc3)C(=O)O)c2)c2ncccc2c1. The molecule has 4 nitrogen and oxygen atoms in total. The van der Waals surface area contributed by atoms with Gasteiger partial charge in [0.05, 0.1) is 11.4 Å². The molecule has 0 bridgehead atoms. The number of carbonyl (C=O) groups is 1. The molecule has 0 amide bonds. The molecule has 0 saturated heterocycles. The van der Waals surface area contributed by atoms with E-state index in [4.69, 9.17) is 0 Å². The highest BCUT2D eigenvalue weighted by molar-refractivity contribution is 5.94. The van der Waals surface area contributed by atoms with Gasteiger partial charge in [-0.15, -0.1) is 0 Å². The van der Waals surface area contributed by atoms with E-state index in [1.165, 1.54) is 5.56 Å².